The molecule has 5 nitrogen and oxygen atoms in total. The fourth-order valence-electron chi connectivity index (χ4n) is 4.29. The Labute approximate surface area is 170 Å². The number of ether oxygens (including phenoxy) is 1. The standard InChI is InChI=1S/C24H23N3O2/c28-24-22-13-20(17-26(22)15-18-7-2-1-3-8-18)29-23-11-5-4-10-21(23)27(24)16-19-9-6-12-25-14-19/h1-12,14,20,22H,13,15-17H2/t20-,22-/m0/s1. The van der Waals surface area contributed by atoms with Crippen molar-refractivity contribution in [2.24, 2.45) is 0 Å². The Morgan fingerprint density at radius 3 is 2.55 bits per heavy atom. The van der Waals surface area contributed by atoms with E-state index >= 15 is 0 Å². The van der Waals surface area contributed by atoms with Gasteiger partial charge in [0.1, 0.15) is 11.9 Å². The minimum atomic E-state index is -0.190. The number of benzene rings is 2. The van der Waals surface area contributed by atoms with Crippen LogP contribution in [0.4, 0.5) is 5.69 Å². The Morgan fingerprint density at radius 2 is 1.72 bits per heavy atom. The lowest BCUT2D eigenvalue weighted by Gasteiger charge is -2.32. The van der Waals surface area contributed by atoms with Gasteiger partial charge in [0.25, 0.3) is 0 Å². The number of anilines is 1. The van der Waals surface area contributed by atoms with Crippen LogP contribution in [0.3, 0.4) is 0 Å². The zero-order valence-electron chi connectivity index (χ0n) is 16.1. The lowest BCUT2D eigenvalue weighted by atomic mass is 10.1. The van der Waals surface area contributed by atoms with Gasteiger partial charge in [-0.2, -0.15) is 0 Å². The number of carbonyl (C=O) groups is 1. The van der Waals surface area contributed by atoms with Crippen LogP contribution < -0.4 is 9.64 Å². The maximum absolute atomic E-state index is 13.7. The first-order chi connectivity index (χ1) is 14.3. The second kappa shape index (κ2) is 7.68. The maximum atomic E-state index is 13.7. The second-order valence-electron chi connectivity index (χ2n) is 7.66. The van der Waals surface area contributed by atoms with Gasteiger partial charge in [0.2, 0.25) is 5.91 Å². The van der Waals surface area contributed by atoms with Crippen LogP contribution >= 0.6 is 0 Å². The summed E-state index contributed by atoms with van der Waals surface area (Å²) in [6.07, 6.45) is 4.30. The monoisotopic (exact) mass is 385 g/mol. The lowest BCUT2D eigenvalue weighted by molar-refractivity contribution is -0.123. The third kappa shape index (κ3) is 3.61. The van der Waals surface area contributed by atoms with E-state index < -0.39 is 0 Å². The lowest BCUT2D eigenvalue weighted by Crippen LogP contribution is -2.45. The zero-order chi connectivity index (χ0) is 19.6. The molecule has 1 aromatic heterocycles. The van der Waals surface area contributed by atoms with Crippen molar-refractivity contribution in [3.8, 4) is 5.75 Å². The summed E-state index contributed by atoms with van der Waals surface area (Å²) in [5, 5.41) is 0. The smallest absolute Gasteiger partial charge is 0.244 e. The van der Waals surface area contributed by atoms with E-state index in [9.17, 15) is 4.79 Å². The molecule has 1 fully saturated rings. The fourth-order valence-corrected chi connectivity index (χ4v) is 4.29. The van der Waals surface area contributed by atoms with Crippen molar-refractivity contribution < 1.29 is 9.53 Å². The fraction of sp³-hybridized carbons (Fsp3) is 0.250. The number of hydrogen-bond acceptors (Lipinski definition) is 4. The topological polar surface area (TPSA) is 45.7 Å². The van der Waals surface area contributed by atoms with Crippen LogP contribution in [0.2, 0.25) is 0 Å². The van der Waals surface area contributed by atoms with E-state index in [4.69, 9.17) is 4.74 Å². The van der Waals surface area contributed by atoms with Crippen LogP contribution in [0.15, 0.2) is 79.1 Å². The van der Waals surface area contributed by atoms with E-state index in [0.29, 0.717) is 13.0 Å². The molecule has 2 aromatic carbocycles. The SMILES string of the molecule is O=C1[C@@H]2C[C@@H](CN2Cc2ccccc2)Oc2ccccc2N1Cc1cccnc1. The second-order valence-corrected chi connectivity index (χ2v) is 7.66. The predicted octanol–water partition coefficient (Wildman–Crippen LogP) is 3.65. The van der Waals surface area contributed by atoms with Gasteiger partial charge in [-0.3, -0.25) is 14.7 Å². The average molecular weight is 385 g/mol. The summed E-state index contributed by atoms with van der Waals surface area (Å²) in [7, 11) is 0. The molecule has 2 bridgehead atoms. The molecule has 2 atom stereocenters. The molecule has 0 spiro atoms. The van der Waals surface area contributed by atoms with Crippen LogP contribution in [0.5, 0.6) is 5.75 Å². The highest BCUT2D eigenvalue weighted by Crippen LogP contribution is 2.37. The van der Waals surface area contributed by atoms with Crippen molar-refractivity contribution in [3.05, 3.63) is 90.3 Å². The molecule has 3 aromatic rings. The highest BCUT2D eigenvalue weighted by atomic mass is 16.5. The van der Waals surface area contributed by atoms with Crippen molar-refractivity contribution in [2.75, 3.05) is 11.4 Å². The molecular formula is C24H23N3O2. The van der Waals surface area contributed by atoms with Gasteiger partial charge in [-0.1, -0.05) is 48.5 Å². The van der Waals surface area contributed by atoms with Crippen LogP contribution in [-0.2, 0) is 17.9 Å². The molecule has 1 amide bonds. The van der Waals surface area contributed by atoms with Gasteiger partial charge in [-0.05, 0) is 29.3 Å². The summed E-state index contributed by atoms with van der Waals surface area (Å²) >= 11 is 0. The van der Waals surface area contributed by atoms with Crippen LogP contribution in [-0.4, -0.2) is 34.5 Å². The number of aromatic nitrogens is 1. The summed E-state index contributed by atoms with van der Waals surface area (Å²) in [5.41, 5.74) is 3.04. The Bertz CT molecular complexity index is 993. The van der Waals surface area contributed by atoms with Crippen molar-refractivity contribution in [2.45, 2.75) is 31.7 Å². The van der Waals surface area contributed by atoms with Gasteiger partial charge in [0.05, 0.1) is 18.3 Å². The Balaban J connectivity index is 1.49. The largest absolute Gasteiger partial charge is 0.487 e. The van der Waals surface area contributed by atoms with Crippen molar-refractivity contribution in [3.63, 3.8) is 0 Å². The number of carbonyl (C=O) groups excluding carboxylic acids is 1. The highest BCUT2D eigenvalue weighted by molar-refractivity contribution is 5.99. The van der Waals surface area contributed by atoms with Crippen molar-refractivity contribution >= 4 is 11.6 Å². The maximum Gasteiger partial charge on any atom is 0.244 e. The molecule has 5 rings (SSSR count). The summed E-state index contributed by atoms with van der Waals surface area (Å²) in [5.74, 6) is 0.901. The highest BCUT2D eigenvalue weighted by Gasteiger charge is 2.42. The molecule has 1 saturated heterocycles. The van der Waals surface area contributed by atoms with Gasteiger partial charge >= 0.3 is 0 Å². The first-order valence-corrected chi connectivity index (χ1v) is 10.0. The minimum Gasteiger partial charge on any atom is -0.487 e. The number of pyridine rings is 1. The number of para-hydroxylation sites is 2. The van der Waals surface area contributed by atoms with E-state index in [2.05, 4.69) is 22.0 Å². The Hall–Kier alpha value is -3.18. The van der Waals surface area contributed by atoms with E-state index in [1.54, 1.807) is 6.20 Å². The number of nitrogens with zero attached hydrogens (tertiary/aromatic N) is 3. The summed E-state index contributed by atoms with van der Waals surface area (Å²) in [4.78, 5) is 22.1. The van der Waals surface area contributed by atoms with Gasteiger partial charge in [-0.15, -0.1) is 0 Å². The molecule has 29 heavy (non-hydrogen) atoms. The molecule has 5 heteroatoms. The molecule has 0 aliphatic carbocycles. The van der Waals surface area contributed by atoms with Gasteiger partial charge < -0.3 is 9.64 Å². The van der Waals surface area contributed by atoms with Crippen LogP contribution in [0, 0.1) is 0 Å². The molecule has 0 unspecified atom stereocenters. The Morgan fingerprint density at radius 1 is 0.931 bits per heavy atom. The molecule has 146 valence electrons. The van der Waals surface area contributed by atoms with E-state index in [1.165, 1.54) is 5.56 Å². The number of amides is 1. The first kappa shape index (κ1) is 17.9. The number of fused-ring (bicyclic) bond motifs is 3. The molecule has 2 aliphatic rings. The number of likely N-dealkylation sites (tertiary alicyclic amines) is 1. The van der Waals surface area contributed by atoms with Crippen LogP contribution in [0.1, 0.15) is 17.5 Å². The minimum absolute atomic E-state index is 0.0226. The first-order valence-electron chi connectivity index (χ1n) is 10.0. The average Bonchev–Trinajstić information content (AvgIpc) is 3.16. The third-order valence-electron chi connectivity index (χ3n) is 5.66. The van der Waals surface area contributed by atoms with E-state index in [-0.39, 0.29) is 18.1 Å². The van der Waals surface area contributed by atoms with Crippen molar-refractivity contribution in [1.29, 1.82) is 0 Å². The van der Waals surface area contributed by atoms with E-state index in [0.717, 1.165) is 30.1 Å². The third-order valence-corrected chi connectivity index (χ3v) is 5.66. The van der Waals surface area contributed by atoms with Gasteiger partial charge in [0, 0.05) is 31.9 Å². The molecule has 0 N–H and O–H groups in total. The zero-order valence-corrected chi connectivity index (χ0v) is 16.1. The Kier molecular flexibility index (Phi) is 4.74. The van der Waals surface area contributed by atoms with E-state index in [1.807, 2.05) is 65.7 Å². The molecule has 2 aliphatic heterocycles. The van der Waals surface area contributed by atoms with Gasteiger partial charge in [-0.25, -0.2) is 0 Å². The molecular weight excluding hydrogens is 362 g/mol. The van der Waals surface area contributed by atoms with Crippen LogP contribution in [0.25, 0.3) is 0 Å². The number of hydrogen-bond donors (Lipinski definition) is 0. The molecule has 0 radical (unpaired) electrons. The summed E-state index contributed by atoms with van der Waals surface area (Å²) in [6.45, 7) is 1.97. The quantitative estimate of drug-likeness (QED) is 0.688. The molecule has 0 saturated carbocycles. The summed E-state index contributed by atoms with van der Waals surface area (Å²) < 4.78 is 6.36. The van der Waals surface area contributed by atoms with Gasteiger partial charge in [0.15, 0.2) is 0 Å². The van der Waals surface area contributed by atoms with Crippen molar-refractivity contribution in [1.82, 2.24) is 9.88 Å². The predicted molar refractivity (Wildman–Crippen MR) is 112 cm³/mol. The molecule has 3 heterocycles. The summed E-state index contributed by atoms with van der Waals surface area (Å²) in [6, 6.07) is 21.9. The number of rotatable bonds is 4. The normalized spacial score (nSPS) is 21.2.